The Balaban J connectivity index is 2.21. The van der Waals surface area contributed by atoms with Crippen LogP contribution in [0.5, 0.6) is 0 Å². The molecule has 1 fully saturated rings. The molecule has 2 unspecified atom stereocenters. The van der Waals surface area contributed by atoms with Crippen LogP contribution in [0.2, 0.25) is 5.02 Å². The first-order valence-electron chi connectivity index (χ1n) is 6.30. The lowest BCUT2D eigenvalue weighted by atomic mass is 10.1. The van der Waals surface area contributed by atoms with Crippen LogP contribution in [0.1, 0.15) is 29.3 Å². The lowest BCUT2D eigenvalue weighted by molar-refractivity contribution is 0.0743. The summed E-state index contributed by atoms with van der Waals surface area (Å²) in [5.41, 5.74) is 7.33. The summed E-state index contributed by atoms with van der Waals surface area (Å²) in [5, 5.41) is 0.531. The van der Waals surface area contributed by atoms with Crippen LogP contribution in [0, 0.1) is 12.8 Å². The van der Waals surface area contributed by atoms with Crippen molar-refractivity contribution in [1.29, 1.82) is 0 Å². The number of aryl methyl sites for hydroxylation is 1. The van der Waals surface area contributed by atoms with Crippen LogP contribution >= 0.6 is 11.6 Å². The maximum absolute atomic E-state index is 12.5. The highest BCUT2D eigenvalue weighted by molar-refractivity contribution is 6.33. The van der Waals surface area contributed by atoms with Crippen LogP contribution in [-0.2, 0) is 0 Å². The van der Waals surface area contributed by atoms with Gasteiger partial charge >= 0.3 is 0 Å². The monoisotopic (exact) mass is 266 g/mol. The summed E-state index contributed by atoms with van der Waals surface area (Å²) in [5.74, 6) is 0.427. The van der Waals surface area contributed by atoms with Gasteiger partial charge < -0.3 is 10.6 Å². The molecule has 2 N–H and O–H groups in total. The highest BCUT2D eigenvalue weighted by Crippen LogP contribution is 2.26. The number of halogens is 1. The third-order valence-electron chi connectivity index (χ3n) is 3.61. The van der Waals surface area contributed by atoms with Crippen molar-refractivity contribution >= 4 is 17.5 Å². The molecule has 1 aliphatic rings. The van der Waals surface area contributed by atoms with Crippen molar-refractivity contribution in [3.8, 4) is 0 Å². The summed E-state index contributed by atoms with van der Waals surface area (Å²) in [6, 6.07) is 5.79. The summed E-state index contributed by atoms with van der Waals surface area (Å²) >= 11 is 6.15. The molecule has 1 aliphatic heterocycles. The number of carbonyl (C=O) groups excluding carboxylic acids is 1. The second-order valence-corrected chi connectivity index (χ2v) is 5.53. The van der Waals surface area contributed by atoms with Crippen molar-refractivity contribution < 1.29 is 4.79 Å². The van der Waals surface area contributed by atoms with Crippen molar-refractivity contribution in [2.45, 2.75) is 26.3 Å². The predicted octanol–water partition coefficient (Wildman–Crippen LogP) is 2.46. The Labute approximate surface area is 113 Å². The molecule has 1 amide bonds. The number of nitrogens with two attached hydrogens (primary N) is 1. The largest absolute Gasteiger partial charge is 0.336 e. The highest BCUT2D eigenvalue weighted by atomic mass is 35.5. The van der Waals surface area contributed by atoms with E-state index < -0.39 is 0 Å². The van der Waals surface area contributed by atoms with Crippen LogP contribution in [0.25, 0.3) is 0 Å². The number of rotatable bonds is 2. The summed E-state index contributed by atoms with van der Waals surface area (Å²) in [6.45, 7) is 5.40. The van der Waals surface area contributed by atoms with Crippen molar-refractivity contribution in [3.63, 3.8) is 0 Å². The van der Waals surface area contributed by atoms with Crippen molar-refractivity contribution in [1.82, 2.24) is 4.90 Å². The van der Waals surface area contributed by atoms with Crippen LogP contribution in [-0.4, -0.2) is 29.9 Å². The van der Waals surface area contributed by atoms with E-state index in [2.05, 4.69) is 6.92 Å². The number of amides is 1. The molecule has 98 valence electrons. The van der Waals surface area contributed by atoms with Crippen molar-refractivity contribution in [3.05, 3.63) is 34.3 Å². The van der Waals surface area contributed by atoms with E-state index in [0.717, 1.165) is 18.5 Å². The van der Waals surface area contributed by atoms with E-state index in [9.17, 15) is 4.79 Å². The summed E-state index contributed by atoms with van der Waals surface area (Å²) < 4.78 is 0. The highest BCUT2D eigenvalue weighted by Gasteiger charge is 2.32. The Kier molecular flexibility index (Phi) is 3.93. The zero-order valence-corrected chi connectivity index (χ0v) is 11.6. The molecule has 1 saturated heterocycles. The van der Waals surface area contributed by atoms with Crippen LogP contribution < -0.4 is 5.73 Å². The Bertz CT molecular complexity index is 461. The first-order chi connectivity index (χ1) is 8.52. The molecule has 0 bridgehead atoms. The minimum absolute atomic E-state index is 0.0171. The second kappa shape index (κ2) is 5.29. The molecular weight excluding hydrogens is 248 g/mol. The first-order valence-corrected chi connectivity index (χ1v) is 6.68. The molecule has 4 heteroatoms. The molecule has 0 aliphatic carbocycles. The maximum atomic E-state index is 12.5. The fourth-order valence-corrected chi connectivity index (χ4v) is 2.86. The quantitative estimate of drug-likeness (QED) is 0.894. The van der Waals surface area contributed by atoms with Gasteiger partial charge in [-0.3, -0.25) is 4.79 Å². The van der Waals surface area contributed by atoms with Crippen LogP contribution in [0.3, 0.4) is 0 Å². The standard InChI is InChI=1S/C14H19ClN2O/c1-9-3-4-12(13(15)5-9)14(18)17-8-11(7-16)6-10(17)2/h3-5,10-11H,6-8,16H2,1-2H3. The minimum atomic E-state index is 0.0171. The molecule has 2 rings (SSSR count). The molecule has 0 radical (unpaired) electrons. The fourth-order valence-electron chi connectivity index (χ4n) is 2.54. The number of likely N-dealkylation sites (tertiary alicyclic amines) is 1. The normalized spacial score (nSPS) is 23.4. The van der Waals surface area contributed by atoms with Crippen molar-refractivity contribution in [2.75, 3.05) is 13.1 Å². The zero-order valence-electron chi connectivity index (χ0n) is 10.8. The van der Waals surface area contributed by atoms with E-state index in [1.165, 1.54) is 0 Å². The lowest BCUT2D eigenvalue weighted by Crippen LogP contribution is -2.34. The zero-order chi connectivity index (χ0) is 13.3. The smallest absolute Gasteiger partial charge is 0.255 e. The predicted molar refractivity (Wildman–Crippen MR) is 73.8 cm³/mol. The Morgan fingerprint density at radius 2 is 2.28 bits per heavy atom. The summed E-state index contributed by atoms with van der Waals surface area (Å²) in [7, 11) is 0. The third-order valence-corrected chi connectivity index (χ3v) is 3.92. The topological polar surface area (TPSA) is 46.3 Å². The molecule has 1 aromatic rings. The lowest BCUT2D eigenvalue weighted by Gasteiger charge is -2.22. The van der Waals surface area contributed by atoms with E-state index in [-0.39, 0.29) is 11.9 Å². The SMILES string of the molecule is Cc1ccc(C(=O)N2CC(CN)CC2C)c(Cl)c1. The van der Waals surface area contributed by atoms with Gasteiger partial charge in [-0.05, 0) is 50.4 Å². The van der Waals surface area contributed by atoms with Crippen molar-refractivity contribution in [2.24, 2.45) is 11.7 Å². The number of nitrogens with zero attached hydrogens (tertiary/aromatic N) is 1. The second-order valence-electron chi connectivity index (χ2n) is 5.13. The molecule has 3 nitrogen and oxygen atoms in total. The molecule has 1 aromatic carbocycles. The van der Waals surface area contributed by atoms with Gasteiger partial charge in [-0.15, -0.1) is 0 Å². The molecule has 18 heavy (non-hydrogen) atoms. The number of benzene rings is 1. The average Bonchev–Trinajstić information content (AvgIpc) is 2.70. The van der Waals surface area contributed by atoms with Gasteiger partial charge in [0.2, 0.25) is 0 Å². The number of carbonyl (C=O) groups is 1. The Hall–Kier alpha value is -1.06. The van der Waals surface area contributed by atoms with E-state index >= 15 is 0 Å². The van der Waals surface area contributed by atoms with Gasteiger partial charge in [0.15, 0.2) is 0 Å². The number of hydrogen-bond acceptors (Lipinski definition) is 2. The molecule has 1 heterocycles. The minimum Gasteiger partial charge on any atom is -0.336 e. The van der Waals surface area contributed by atoms with Gasteiger partial charge in [0.1, 0.15) is 0 Å². The molecule has 0 spiro atoms. The van der Waals surface area contributed by atoms with Gasteiger partial charge in [0, 0.05) is 12.6 Å². The van der Waals surface area contributed by atoms with Gasteiger partial charge in [-0.2, -0.15) is 0 Å². The first kappa shape index (κ1) is 13.4. The van der Waals surface area contributed by atoms with Crippen LogP contribution in [0.15, 0.2) is 18.2 Å². The summed E-state index contributed by atoms with van der Waals surface area (Å²) in [6.07, 6.45) is 0.978. The van der Waals surface area contributed by atoms with Crippen LogP contribution in [0.4, 0.5) is 0 Å². The van der Waals surface area contributed by atoms with Gasteiger partial charge in [-0.25, -0.2) is 0 Å². The third kappa shape index (κ3) is 2.52. The summed E-state index contributed by atoms with van der Waals surface area (Å²) in [4.78, 5) is 14.3. The van der Waals surface area contributed by atoms with E-state index in [4.69, 9.17) is 17.3 Å². The molecule has 0 saturated carbocycles. The fraction of sp³-hybridized carbons (Fsp3) is 0.500. The Morgan fingerprint density at radius 1 is 1.56 bits per heavy atom. The van der Waals surface area contributed by atoms with E-state index in [1.54, 1.807) is 0 Å². The van der Waals surface area contributed by atoms with Gasteiger partial charge in [0.05, 0.1) is 10.6 Å². The maximum Gasteiger partial charge on any atom is 0.255 e. The molecular formula is C14H19ClN2O. The van der Waals surface area contributed by atoms with E-state index in [1.807, 2.05) is 30.0 Å². The van der Waals surface area contributed by atoms with Gasteiger partial charge in [-0.1, -0.05) is 17.7 Å². The Morgan fingerprint density at radius 3 is 2.83 bits per heavy atom. The van der Waals surface area contributed by atoms with Gasteiger partial charge in [0.25, 0.3) is 5.91 Å². The number of hydrogen-bond donors (Lipinski definition) is 1. The average molecular weight is 267 g/mol. The molecule has 2 atom stereocenters. The van der Waals surface area contributed by atoms with E-state index in [0.29, 0.717) is 23.0 Å². The molecule has 0 aromatic heterocycles.